The van der Waals surface area contributed by atoms with E-state index in [0.29, 0.717) is 28.0 Å². The van der Waals surface area contributed by atoms with Crippen LogP contribution in [0, 0.1) is 10.1 Å². The zero-order valence-corrected chi connectivity index (χ0v) is 20.9. The van der Waals surface area contributed by atoms with Gasteiger partial charge in [-0.3, -0.25) is 14.9 Å². The third kappa shape index (κ3) is 7.12. The number of halogens is 1. The number of carbonyl (C=O) groups is 2. The van der Waals surface area contributed by atoms with Gasteiger partial charge in [-0.05, 0) is 62.4 Å². The minimum absolute atomic E-state index is 0.0374. The molecule has 0 aliphatic heterocycles. The predicted molar refractivity (Wildman–Crippen MR) is 136 cm³/mol. The lowest BCUT2D eigenvalue weighted by Crippen LogP contribution is -2.33. The van der Waals surface area contributed by atoms with E-state index in [4.69, 9.17) is 14.2 Å². The van der Waals surface area contributed by atoms with E-state index in [2.05, 4.69) is 26.5 Å². The summed E-state index contributed by atoms with van der Waals surface area (Å²) in [6, 6.07) is 17.2. The molecule has 0 unspecified atom stereocenters. The Morgan fingerprint density at radius 1 is 1.11 bits per heavy atom. The molecule has 0 saturated heterocycles. The summed E-state index contributed by atoms with van der Waals surface area (Å²) in [4.78, 5) is 35.5. The molecule has 10 nitrogen and oxygen atoms in total. The molecule has 1 N–H and O–H groups in total. The highest BCUT2D eigenvalue weighted by Gasteiger charge is 2.20. The van der Waals surface area contributed by atoms with Crippen molar-refractivity contribution < 1.29 is 28.7 Å². The van der Waals surface area contributed by atoms with Gasteiger partial charge in [0.2, 0.25) is 0 Å². The summed E-state index contributed by atoms with van der Waals surface area (Å²) in [6.45, 7) is 3.81. The first kappa shape index (κ1) is 26.4. The molecule has 0 heterocycles. The van der Waals surface area contributed by atoms with E-state index in [1.54, 1.807) is 48.5 Å². The van der Waals surface area contributed by atoms with Crippen LogP contribution in [-0.2, 0) is 4.79 Å². The van der Waals surface area contributed by atoms with Crippen LogP contribution in [0.1, 0.15) is 29.8 Å². The van der Waals surface area contributed by atoms with Gasteiger partial charge in [0.15, 0.2) is 11.9 Å². The minimum Gasteiger partial charge on any atom is -0.494 e. The lowest BCUT2D eigenvalue weighted by atomic mass is 10.2. The van der Waals surface area contributed by atoms with Crippen LogP contribution in [0.3, 0.4) is 0 Å². The van der Waals surface area contributed by atoms with Crippen LogP contribution in [0.5, 0.6) is 17.2 Å². The zero-order valence-electron chi connectivity index (χ0n) is 19.3. The number of amides is 1. The Kier molecular flexibility index (Phi) is 9.12. The molecule has 0 saturated carbocycles. The molecule has 1 atom stereocenters. The van der Waals surface area contributed by atoms with Crippen molar-refractivity contribution in [1.29, 1.82) is 0 Å². The standard InChI is InChI=1S/C25H22BrN3O7/c1-3-34-20-11-8-17(9-12-20)25(31)36-22-13-10-19(26)14-18(22)15-27-28-24(30)16(2)35-23-7-5-4-6-21(23)29(32)33/h4-16H,3H2,1-2H3,(H,28,30)/b27-15-/t16-/m1/s1. The quantitative estimate of drug-likeness (QED) is 0.124. The maximum Gasteiger partial charge on any atom is 0.343 e. The first-order valence-electron chi connectivity index (χ1n) is 10.8. The fraction of sp³-hybridized carbons (Fsp3) is 0.160. The molecule has 3 aromatic carbocycles. The fourth-order valence-corrected chi connectivity index (χ4v) is 3.31. The van der Waals surface area contributed by atoms with Crippen molar-refractivity contribution in [2.45, 2.75) is 20.0 Å². The van der Waals surface area contributed by atoms with E-state index in [1.807, 2.05) is 6.92 Å². The summed E-state index contributed by atoms with van der Waals surface area (Å²) in [5.74, 6) is -0.386. The van der Waals surface area contributed by atoms with Crippen molar-refractivity contribution >= 4 is 39.7 Å². The van der Waals surface area contributed by atoms with Crippen LogP contribution in [0.15, 0.2) is 76.3 Å². The number of nitrogens with zero attached hydrogens (tertiary/aromatic N) is 2. The number of para-hydroxylation sites is 2. The Balaban J connectivity index is 1.66. The largest absolute Gasteiger partial charge is 0.494 e. The summed E-state index contributed by atoms with van der Waals surface area (Å²) >= 11 is 3.35. The Bertz CT molecular complexity index is 1280. The average molecular weight is 556 g/mol. The molecular formula is C25H22BrN3O7. The van der Waals surface area contributed by atoms with Gasteiger partial charge in [-0.2, -0.15) is 5.10 Å². The number of esters is 1. The molecule has 0 aliphatic rings. The number of carbonyl (C=O) groups excluding carboxylic acids is 2. The maximum atomic E-state index is 12.6. The van der Waals surface area contributed by atoms with Gasteiger partial charge in [0, 0.05) is 16.1 Å². The third-order valence-electron chi connectivity index (χ3n) is 4.69. The van der Waals surface area contributed by atoms with Crippen molar-refractivity contribution in [3.05, 3.63) is 92.4 Å². The smallest absolute Gasteiger partial charge is 0.343 e. The van der Waals surface area contributed by atoms with E-state index in [1.165, 1.54) is 31.3 Å². The molecule has 36 heavy (non-hydrogen) atoms. The Morgan fingerprint density at radius 2 is 1.83 bits per heavy atom. The Morgan fingerprint density at radius 3 is 2.53 bits per heavy atom. The summed E-state index contributed by atoms with van der Waals surface area (Å²) in [5.41, 5.74) is 2.81. The SMILES string of the molecule is CCOc1ccc(C(=O)Oc2ccc(Br)cc2/C=N\NC(=O)[C@@H](C)Oc2ccccc2[N+](=O)[O-])cc1. The molecule has 186 valence electrons. The highest BCUT2D eigenvalue weighted by molar-refractivity contribution is 9.10. The second kappa shape index (κ2) is 12.5. The van der Waals surface area contributed by atoms with E-state index in [-0.39, 0.29) is 17.2 Å². The number of hydrogen-bond acceptors (Lipinski definition) is 8. The zero-order chi connectivity index (χ0) is 26.1. The van der Waals surface area contributed by atoms with Gasteiger partial charge in [-0.25, -0.2) is 10.2 Å². The van der Waals surface area contributed by atoms with Crippen LogP contribution in [0.4, 0.5) is 5.69 Å². The molecule has 0 bridgehead atoms. The van der Waals surface area contributed by atoms with Gasteiger partial charge in [0.25, 0.3) is 5.91 Å². The van der Waals surface area contributed by atoms with Gasteiger partial charge in [0.1, 0.15) is 11.5 Å². The average Bonchev–Trinajstić information content (AvgIpc) is 2.86. The minimum atomic E-state index is -1.07. The highest BCUT2D eigenvalue weighted by atomic mass is 79.9. The van der Waals surface area contributed by atoms with Crippen molar-refractivity contribution in [3.63, 3.8) is 0 Å². The summed E-state index contributed by atoms with van der Waals surface area (Å²) < 4.78 is 17.0. The molecule has 11 heteroatoms. The first-order chi connectivity index (χ1) is 17.3. The number of hydrazone groups is 1. The number of ether oxygens (including phenoxy) is 3. The second-order valence-corrected chi connectivity index (χ2v) is 8.16. The van der Waals surface area contributed by atoms with Gasteiger partial charge in [-0.15, -0.1) is 0 Å². The molecule has 3 rings (SSSR count). The molecular weight excluding hydrogens is 534 g/mol. The third-order valence-corrected chi connectivity index (χ3v) is 5.18. The van der Waals surface area contributed by atoms with Gasteiger partial charge >= 0.3 is 11.7 Å². The molecule has 1 amide bonds. The van der Waals surface area contributed by atoms with Crippen molar-refractivity contribution in [3.8, 4) is 17.2 Å². The van der Waals surface area contributed by atoms with Crippen LogP contribution in [-0.4, -0.2) is 35.7 Å². The fourth-order valence-electron chi connectivity index (χ4n) is 2.93. The summed E-state index contributed by atoms with van der Waals surface area (Å²) in [7, 11) is 0. The highest BCUT2D eigenvalue weighted by Crippen LogP contribution is 2.27. The normalized spacial score (nSPS) is 11.5. The molecule has 0 spiro atoms. The molecule has 0 fully saturated rings. The van der Waals surface area contributed by atoms with Crippen molar-refractivity contribution in [2.75, 3.05) is 6.61 Å². The second-order valence-electron chi connectivity index (χ2n) is 7.25. The van der Waals surface area contributed by atoms with Gasteiger partial charge in [0.05, 0.1) is 23.3 Å². The van der Waals surface area contributed by atoms with Crippen LogP contribution in [0.25, 0.3) is 0 Å². The molecule has 0 radical (unpaired) electrons. The number of benzene rings is 3. The molecule has 0 aromatic heterocycles. The summed E-state index contributed by atoms with van der Waals surface area (Å²) in [5, 5.41) is 15.0. The van der Waals surface area contributed by atoms with E-state index >= 15 is 0 Å². The van der Waals surface area contributed by atoms with Gasteiger partial charge in [-0.1, -0.05) is 28.1 Å². The molecule has 0 aliphatic carbocycles. The van der Waals surface area contributed by atoms with Crippen molar-refractivity contribution in [1.82, 2.24) is 5.43 Å². The van der Waals surface area contributed by atoms with E-state index in [0.717, 1.165) is 0 Å². The van der Waals surface area contributed by atoms with E-state index < -0.39 is 22.9 Å². The van der Waals surface area contributed by atoms with E-state index in [9.17, 15) is 19.7 Å². The summed E-state index contributed by atoms with van der Waals surface area (Å²) in [6.07, 6.45) is 0.240. The van der Waals surface area contributed by atoms with Crippen LogP contribution >= 0.6 is 15.9 Å². The Hall–Kier alpha value is -4.25. The number of nitrogens with one attached hydrogen (secondary N) is 1. The topological polar surface area (TPSA) is 129 Å². The predicted octanol–water partition coefficient (Wildman–Crippen LogP) is 4.89. The van der Waals surface area contributed by atoms with Crippen molar-refractivity contribution in [2.24, 2.45) is 5.10 Å². The first-order valence-corrected chi connectivity index (χ1v) is 11.6. The monoisotopic (exact) mass is 555 g/mol. The van der Waals surface area contributed by atoms with Crippen LogP contribution < -0.4 is 19.6 Å². The van der Waals surface area contributed by atoms with Gasteiger partial charge < -0.3 is 14.2 Å². The number of rotatable bonds is 10. The Labute approximate surface area is 215 Å². The molecule has 3 aromatic rings. The van der Waals surface area contributed by atoms with Crippen LogP contribution in [0.2, 0.25) is 0 Å². The number of hydrogen-bond donors (Lipinski definition) is 1. The number of nitro groups is 1. The lowest BCUT2D eigenvalue weighted by Gasteiger charge is -2.13. The maximum absolute atomic E-state index is 12.6. The lowest BCUT2D eigenvalue weighted by molar-refractivity contribution is -0.386. The number of nitro benzene ring substituents is 1.